The minimum Gasteiger partial charge on any atom is -0.544 e. The Kier molecular flexibility index (Phi) is 5.19. The second kappa shape index (κ2) is 5.43. The lowest BCUT2D eigenvalue weighted by atomic mass is 10.3. The second-order valence-corrected chi connectivity index (χ2v) is 6.04. The Morgan fingerprint density at radius 3 is 2.33 bits per heavy atom. The zero-order valence-corrected chi connectivity index (χ0v) is 10.1. The molecule has 0 rings (SSSR count). The molecule has 15 heavy (non-hydrogen) atoms. The summed E-state index contributed by atoms with van der Waals surface area (Å²) >= 11 is 0. The van der Waals surface area contributed by atoms with Crippen LogP contribution in [0.15, 0.2) is 0 Å². The van der Waals surface area contributed by atoms with E-state index in [9.17, 15) is 18.3 Å². The first-order chi connectivity index (χ1) is 6.62. The van der Waals surface area contributed by atoms with Gasteiger partial charge in [-0.1, -0.05) is 0 Å². The molecule has 0 aromatic rings. The molecule has 0 aliphatic heterocycles. The zero-order chi connectivity index (χ0) is 12.1. The van der Waals surface area contributed by atoms with Gasteiger partial charge in [0.1, 0.15) is 6.54 Å². The van der Waals surface area contributed by atoms with Crippen LogP contribution in [0, 0.1) is 0 Å². The number of quaternary nitrogens is 1. The smallest absolute Gasteiger partial charge is 0.208 e. The van der Waals surface area contributed by atoms with Crippen LogP contribution >= 0.6 is 0 Å². The van der Waals surface area contributed by atoms with Crippen LogP contribution < -0.4 is 9.83 Å². The molecule has 0 aromatic carbocycles. The van der Waals surface area contributed by atoms with Gasteiger partial charge in [-0.05, 0) is 0 Å². The highest BCUT2D eigenvalue weighted by Gasteiger charge is 2.14. The molecular formula is C8H18N2O4S. The molecule has 6 nitrogen and oxygen atoms in total. The molecule has 0 spiro atoms. The van der Waals surface area contributed by atoms with Gasteiger partial charge in [0.25, 0.3) is 0 Å². The van der Waals surface area contributed by atoms with Crippen molar-refractivity contribution in [3.63, 3.8) is 0 Å². The summed E-state index contributed by atoms with van der Waals surface area (Å²) in [7, 11) is 0.370. The van der Waals surface area contributed by atoms with E-state index in [0.29, 0.717) is 19.5 Å². The van der Waals surface area contributed by atoms with E-state index in [2.05, 4.69) is 4.72 Å². The summed E-state index contributed by atoms with van der Waals surface area (Å²) in [6.07, 6.45) is 1.68. The van der Waals surface area contributed by atoms with Gasteiger partial charge in [-0.2, -0.15) is 0 Å². The van der Waals surface area contributed by atoms with Crippen molar-refractivity contribution >= 4 is 16.0 Å². The van der Waals surface area contributed by atoms with Gasteiger partial charge in [0, 0.05) is 13.0 Å². The molecule has 0 aliphatic carbocycles. The molecule has 7 heteroatoms. The highest BCUT2D eigenvalue weighted by molar-refractivity contribution is 7.88. The molecule has 0 aromatic heterocycles. The largest absolute Gasteiger partial charge is 0.544 e. The number of sulfonamides is 1. The Morgan fingerprint density at radius 2 is 1.93 bits per heavy atom. The minimum atomic E-state index is -3.15. The molecule has 0 unspecified atom stereocenters. The third-order valence-electron chi connectivity index (χ3n) is 1.86. The Balaban J connectivity index is 3.80. The average molecular weight is 238 g/mol. The number of carbonyl (C=O) groups excluding carboxylic acids is 1. The molecule has 0 amide bonds. The van der Waals surface area contributed by atoms with E-state index in [1.807, 2.05) is 0 Å². The molecule has 0 radical (unpaired) electrons. The van der Waals surface area contributed by atoms with Gasteiger partial charge in [0.15, 0.2) is 0 Å². The van der Waals surface area contributed by atoms with E-state index in [0.717, 1.165) is 6.26 Å². The lowest BCUT2D eigenvalue weighted by Gasteiger charge is -2.30. The van der Waals surface area contributed by atoms with E-state index >= 15 is 0 Å². The van der Waals surface area contributed by atoms with Crippen molar-refractivity contribution in [3.05, 3.63) is 0 Å². The van der Waals surface area contributed by atoms with Gasteiger partial charge in [-0.25, -0.2) is 13.1 Å². The van der Waals surface area contributed by atoms with Crippen LogP contribution in [-0.4, -0.2) is 58.9 Å². The van der Waals surface area contributed by atoms with E-state index in [4.69, 9.17) is 0 Å². The SMILES string of the molecule is C[N+](C)(CCCNS(C)(=O)=O)CC(=O)[O-]. The predicted molar refractivity (Wildman–Crippen MR) is 54.3 cm³/mol. The van der Waals surface area contributed by atoms with Crippen LogP contribution in [0.25, 0.3) is 0 Å². The summed E-state index contributed by atoms with van der Waals surface area (Å²) in [5.41, 5.74) is 0. The topological polar surface area (TPSA) is 86.3 Å². The monoisotopic (exact) mass is 238 g/mol. The van der Waals surface area contributed by atoms with Crippen molar-refractivity contribution in [2.24, 2.45) is 0 Å². The molecule has 0 atom stereocenters. The number of rotatable bonds is 7. The van der Waals surface area contributed by atoms with Gasteiger partial charge in [-0.3, -0.25) is 0 Å². The Labute approximate surface area is 90.5 Å². The number of carboxylic acid groups (broad SMARTS) is 1. The number of aliphatic carboxylic acids is 1. The summed E-state index contributed by atoms with van der Waals surface area (Å²) in [5.74, 6) is -1.10. The molecule has 1 N–H and O–H groups in total. The quantitative estimate of drug-likeness (QED) is 0.401. The number of hydrogen-bond acceptors (Lipinski definition) is 4. The second-order valence-electron chi connectivity index (χ2n) is 4.21. The van der Waals surface area contributed by atoms with Crippen LogP contribution in [-0.2, 0) is 14.8 Å². The van der Waals surface area contributed by atoms with Crippen LogP contribution in [0.5, 0.6) is 0 Å². The summed E-state index contributed by atoms with van der Waals surface area (Å²) < 4.78 is 24.1. The first kappa shape index (κ1) is 14.3. The van der Waals surface area contributed by atoms with Crippen molar-refractivity contribution in [2.45, 2.75) is 6.42 Å². The van der Waals surface area contributed by atoms with Crippen molar-refractivity contribution < 1.29 is 22.8 Å². The lowest BCUT2D eigenvalue weighted by molar-refractivity contribution is -0.884. The number of nitrogens with zero attached hydrogens (tertiary/aromatic N) is 1. The molecule has 0 saturated carbocycles. The maximum atomic E-state index is 10.7. The molecule has 90 valence electrons. The van der Waals surface area contributed by atoms with Gasteiger partial charge in [-0.15, -0.1) is 0 Å². The van der Waals surface area contributed by atoms with Gasteiger partial charge in [0.05, 0.1) is 32.9 Å². The van der Waals surface area contributed by atoms with Gasteiger partial charge < -0.3 is 14.4 Å². The van der Waals surface area contributed by atoms with E-state index in [-0.39, 0.29) is 11.0 Å². The number of nitrogens with one attached hydrogen (secondary N) is 1. The van der Waals surface area contributed by atoms with E-state index < -0.39 is 16.0 Å². The molecule has 0 saturated heterocycles. The van der Waals surface area contributed by atoms with Crippen LogP contribution in [0.4, 0.5) is 0 Å². The molecule has 0 bridgehead atoms. The molecular weight excluding hydrogens is 220 g/mol. The fraction of sp³-hybridized carbons (Fsp3) is 0.875. The van der Waals surface area contributed by atoms with Crippen molar-refractivity contribution in [3.8, 4) is 0 Å². The Morgan fingerprint density at radius 1 is 1.40 bits per heavy atom. The van der Waals surface area contributed by atoms with Crippen molar-refractivity contribution in [2.75, 3.05) is 40.0 Å². The van der Waals surface area contributed by atoms with Crippen LogP contribution in [0.3, 0.4) is 0 Å². The fourth-order valence-corrected chi connectivity index (χ4v) is 1.71. The first-order valence-electron chi connectivity index (χ1n) is 4.59. The molecule has 0 heterocycles. The maximum absolute atomic E-state index is 10.7. The molecule has 0 fully saturated rings. The summed E-state index contributed by atoms with van der Waals surface area (Å²) in [5, 5.41) is 10.4. The normalized spacial score (nSPS) is 12.7. The third-order valence-corrected chi connectivity index (χ3v) is 2.59. The Hall–Kier alpha value is -0.660. The van der Waals surface area contributed by atoms with Crippen molar-refractivity contribution in [1.29, 1.82) is 0 Å². The predicted octanol–water partition coefficient (Wildman–Crippen LogP) is -2.25. The zero-order valence-electron chi connectivity index (χ0n) is 9.32. The van der Waals surface area contributed by atoms with Crippen LogP contribution in [0.2, 0.25) is 0 Å². The first-order valence-corrected chi connectivity index (χ1v) is 6.48. The maximum Gasteiger partial charge on any atom is 0.208 e. The summed E-state index contributed by atoms with van der Waals surface area (Å²) in [6.45, 7) is 0.836. The minimum absolute atomic E-state index is 0.0706. The Bertz CT molecular complexity index is 311. The summed E-state index contributed by atoms with van der Waals surface area (Å²) in [4.78, 5) is 10.4. The van der Waals surface area contributed by atoms with Crippen LogP contribution in [0.1, 0.15) is 6.42 Å². The fourth-order valence-electron chi connectivity index (χ4n) is 1.19. The highest BCUT2D eigenvalue weighted by atomic mass is 32.2. The lowest BCUT2D eigenvalue weighted by Crippen LogP contribution is -2.49. The number of likely N-dealkylation sites (N-methyl/N-ethyl adjacent to an activating group) is 1. The number of hydrogen-bond donors (Lipinski definition) is 1. The van der Waals surface area contributed by atoms with Gasteiger partial charge in [0.2, 0.25) is 10.0 Å². The molecule has 0 aliphatic rings. The number of carboxylic acids is 1. The highest BCUT2D eigenvalue weighted by Crippen LogP contribution is 1.97. The third kappa shape index (κ3) is 9.64. The number of carbonyl (C=O) groups is 1. The average Bonchev–Trinajstić information content (AvgIpc) is 1.93. The van der Waals surface area contributed by atoms with Crippen molar-refractivity contribution in [1.82, 2.24) is 4.72 Å². The van der Waals surface area contributed by atoms with E-state index in [1.165, 1.54) is 0 Å². The van der Waals surface area contributed by atoms with E-state index in [1.54, 1.807) is 14.1 Å². The van der Waals surface area contributed by atoms with Gasteiger partial charge >= 0.3 is 0 Å². The summed E-state index contributed by atoms with van der Waals surface area (Å²) in [6, 6.07) is 0. The standard InChI is InChI=1S/C8H18N2O4S/c1-10(2,7-8(11)12)6-4-5-9-15(3,13)14/h9H,4-7H2,1-3H3.